The zero-order valence-corrected chi connectivity index (χ0v) is 13.4. The van der Waals surface area contributed by atoms with E-state index in [0.29, 0.717) is 10.3 Å². The number of pyridine rings is 1. The molecule has 0 aliphatic heterocycles. The fraction of sp³-hybridized carbons (Fsp3) is 0.643. The van der Waals surface area contributed by atoms with Crippen LogP contribution in [0, 0.1) is 0 Å². The number of aromatic nitrogens is 1. The molecule has 1 rings (SSSR count). The maximum absolute atomic E-state index is 9.56. The summed E-state index contributed by atoms with van der Waals surface area (Å²) in [5, 5.41) is 15.0. The second-order valence-electron chi connectivity index (χ2n) is 5.09. The maximum Gasteiger partial charge on any atom is 0.0963 e. The third-order valence-corrected chi connectivity index (χ3v) is 4.19. The van der Waals surface area contributed by atoms with Gasteiger partial charge in [-0.2, -0.15) is 0 Å². The Hall–Kier alpha value is -0.290. The average molecular weight is 303 g/mol. The van der Waals surface area contributed by atoms with Gasteiger partial charge in [0, 0.05) is 17.0 Å². The number of rotatable bonds is 8. The Bertz CT molecular complexity index is 374. The molecule has 0 aliphatic rings. The number of nitrogens with one attached hydrogen (secondary N) is 1. The summed E-state index contributed by atoms with van der Waals surface area (Å²) in [5.74, 6) is 0. The lowest BCUT2D eigenvalue weighted by Gasteiger charge is -2.31. The highest BCUT2D eigenvalue weighted by atomic mass is 35.5. The van der Waals surface area contributed by atoms with Crippen molar-refractivity contribution in [3.63, 3.8) is 0 Å². The van der Waals surface area contributed by atoms with Crippen LogP contribution in [0.5, 0.6) is 0 Å². The van der Waals surface area contributed by atoms with Crippen molar-refractivity contribution in [3.8, 4) is 0 Å². The van der Waals surface area contributed by atoms with E-state index in [1.54, 1.807) is 18.0 Å². The molecule has 0 radical (unpaired) electrons. The normalized spacial score (nSPS) is 16.1. The van der Waals surface area contributed by atoms with Gasteiger partial charge in [-0.25, -0.2) is 4.98 Å². The van der Waals surface area contributed by atoms with Crippen molar-refractivity contribution >= 4 is 23.4 Å². The monoisotopic (exact) mass is 302 g/mol. The smallest absolute Gasteiger partial charge is 0.0963 e. The number of hydrogen-bond donors (Lipinski definition) is 2. The number of hydrogen-bond acceptors (Lipinski definition) is 4. The zero-order chi connectivity index (χ0) is 14.3. The molecule has 19 heavy (non-hydrogen) atoms. The van der Waals surface area contributed by atoms with Gasteiger partial charge < -0.3 is 10.4 Å². The van der Waals surface area contributed by atoms with Gasteiger partial charge in [0.05, 0.1) is 16.7 Å². The molecule has 1 aromatic heterocycles. The Morgan fingerprint density at radius 1 is 1.53 bits per heavy atom. The van der Waals surface area contributed by atoms with Crippen molar-refractivity contribution in [1.82, 2.24) is 10.3 Å². The lowest BCUT2D eigenvalue weighted by atomic mass is 9.97. The van der Waals surface area contributed by atoms with Gasteiger partial charge in [-0.3, -0.25) is 0 Å². The van der Waals surface area contributed by atoms with Crippen LogP contribution in [0.2, 0.25) is 5.02 Å². The van der Waals surface area contributed by atoms with E-state index in [-0.39, 0.29) is 12.1 Å². The van der Waals surface area contributed by atoms with Gasteiger partial charge in [0.2, 0.25) is 0 Å². The van der Waals surface area contributed by atoms with Crippen LogP contribution in [0.15, 0.2) is 23.4 Å². The van der Waals surface area contributed by atoms with Crippen molar-refractivity contribution in [3.05, 3.63) is 23.4 Å². The Balaban J connectivity index is 2.52. The highest BCUT2D eigenvalue weighted by molar-refractivity contribution is 7.99. The molecule has 1 heterocycles. The van der Waals surface area contributed by atoms with E-state index in [2.05, 4.69) is 31.1 Å². The van der Waals surface area contributed by atoms with Crippen LogP contribution in [0.3, 0.4) is 0 Å². The maximum atomic E-state index is 9.56. The Labute approximate surface area is 125 Å². The topological polar surface area (TPSA) is 45.1 Å². The van der Waals surface area contributed by atoms with Gasteiger partial charge in [-0.1, -0.05) is 25.4 Å². The number of halogens is 1. The summed E-state index contributed by atoms with van der Waals surface area (Å²) in [6, 6.07) is 3.78. The Morgan fingerprint density at radius 3 is 2.79 bits per heavy atom. The minimum Gasteiger partial charge on any atom is -0.394 e. The predicted octanol–water partition coefficient (Wildman–Crippen LogP) is 3.36. The number of aliphatic hydroxyl groups excluding tert-OH is 1. The molecule has 0 aromatic carbocycles. The summed E-state index contributed by atoms with van der Waals surface area (Å²) < 4.78 is 0. The zero-order valence-electron chi connectivity index (χ0n) is 11.8. The molecule has 1 aromatic rings. The Morgan fingerprint density at radius 2 is 2.26 bits per heavy atom. The third kappa shape index (κ3) is 6.13. The van der Waals surface area contributed by atoms with Gasteiger partial charge >= 0.3 is 0 Å². The van der Waals surface area contributed by atoms with Crippen LogP contribution < -0.4 is 5.32 Å². The molecule has 0 saturated heterocycles. The predicted molar refractivity (Wildman–Crippen MR) is 83.0 cm³/mol. The average Bonchev–Trinajstić information content (AvgIpc) is 2.39. The molecular weight excluding hydrogens is 280 g/mol. The molecule has 0 spiro atoms. The van der Waals surface area contributed by atoms with E-state index in [0.717, 1.165) is 24.4 Å². The molecule has 2 atom stereocenters. The molecule has 3 nitrogen and oxygen atoms in total. The quantitative estimate of drug-likeness (QED) is 0.723. The van der Waals surface area contributed by atoms with E-state index in [1.807, 2.05) is 12.1 Å². The summed E-state index contributed by atoms with van der Waals surface area (Å²) in [6.45, 7) is 7.41. The van der Waals surface area contributed by atoms with E-state index in [1.165, 1.54) is 0 Å². The fourth-order valence-electron chi connectivity index (χ4n) is 1.93. The van der Waals surface area contributed by atoms with Crippen LogP contribution in [0.4, 0.5) is 0 Å². The van der Waals surface area contributed by atoms with Crippen molar-refractivity contribution in [2.45, 2.75) is 49.4 Å². The van der Waals surface area contributed by atoms with Crippen molar-refractivity contribution < 1.29 is 5.11 Å². The van der Waals surface area contributed by atoms with Crippen molar-refractivity contribution in [2.24, 2.45) is 0 Å². The fourth-order valence-corrected chi connectivity index (χ4v) is 3.17. The van der Waals surface area contributed by atoms with Crippen LogP contribution >= 0.6 is 23.4 Å². The minimum atomic E-state index is -0.227. The number of nitrogens with zero attached hydrogens (tertiary/aromatic N) is 1. The van der Waals surface area contributed by atoms with E-state index >= 15 is 0 Å². The van der Waals surface area contributed by atoms with E-state index in [9.17, 15) is 5.11 Å². The van der Waals surface area contributed by atoms with Crippen LogP contribution in [-0.4, -0.2) is 34.0 Å². The SMILES string of the molecule is CCCNC(C)(CO)CC(C)Sc1ccc(Cl)cn1. The summed E-state index contributed by atoms with van der Waals surface area (Å²) in [5.41, 5.74) is -0.227. The molecule has 2 unspecified atom stereocenters. The lowest BCUT2D eigenvalue weighted by Crippen LogP contribution is -2.47. The van der Waals surface area contributed by atoms with Gasteiger partial charge in [0.1, 0.15) is 0 Å². The largest absolute Gasteiger partial charge is 0.394 e. The third-order valence-electron chi connectivity index (χ3n) is 2.91. The van der Waals surface area contributed by atoms with E-state index in [4.69, 9.17) is 11.6 Å². The highest BCUT2D eigenvalue weighted by Gasteiger charge is 2.25. The molecule has 5 heteroatoms. The minimum absolute atomic E-state index is 0.145. The standard InChI is InChI=1S/C14H23ClN2OS/c1-4-7-17-14(3,10-18)8-11(2)19-13-6-5-12(15)9-16-13/h5-6,9,11,17-18H,4,7-8,10H2,1-3H3. The van der Waals surface area contributed by atoms with Crippen LogP contribution in [0.25, 0.3) is 0 Å². The number of aliphatic hydroxyl groups is 1. The molecule has 0 aliphatic carbocycles. The van der Waals surface area contributed by atoms with Crippen LogP contribution in [0.1, 0.15) is 33.6 Å². The second kappa shape index (κ2) is 8.10. The molecule has 0 saturated carbocycles. The highest BCUT2D eigenvalue weighted by Crippen LogP contribution is 2.27. The van der Waals surface area contributed by atoms with Crippen LogP contribution in [-0.2, 0) is 0 Å². The van der Waals surface area contributed by atoms with Gasteiger partial charge in [-0.15, -0.1) is 11.8 Å². The summed E-state index contributed by atoms with van der Waals surface area (Å²) in [6.07, 6.45) is 3.62. The first-order chi connectivity index (χ1) is 8.99. The molecule has 2 N–H and O–H groups in total. The van der Waals surface area contributed by atoms with Gasteiger partial charge in [-0.05, 0) is 38.4 Å². The van der Waals surface area contributed by atoms with Crippen molar-refractivity contribution in [1.29, 1.82) is 0 Å². The molecule has 0 bridgehead atoms. The number of thioether (sulfide) groups is 1. The molecule has 0 amide bonds. The van der Waals surface area contributed by atoms with E-state index < -0.39 is 0 Å². The molecule has 108 valence electrons. The summed E-state index contributed by atoms with van der Waals surface area (Å²) in [4.78, 5) is 4.28. The Kier molecular flexibility index (Phi) is 7.15. The first-order valence-corrected chi connectivity index (χ1v) is 7.89. The summed E-state index contributed by atoms with van der Waals surface area (Å²) >= 11 is 7.53. The first-order valence-electron chi connectivity index (χ1n) is 6.63. The first kappa shape index (κ1) is 16.8. The lowest BCUT2D eigenvalue weighted by molar-refractivity contribution is 0.166. The van der Waals surface area contributed by atoms with Gasteiger partial charge in [0.25, 0.3) is 0 Å². The van der Waals surface area contributed by atoms with Gasteiger partial charge in [0.15, 0.2) is 0 Å². The molecular formula is C14H23ClN2OS. The molecule has 0 fully saturated rings. The van der Waals surface area contributed by atoms with Crippen molar-refractivity contribution in [2.75, 3.05) is 13.2 Å². The summed E-state index contributed by atoms with van der Waals surface area (Å²) in [7, 11) is 0. The second-order valence-corrected chi connectivity index (χ2v) is 6.99.